The van der Waals surface area contributed by atoms with Crippen molar-refractivity contribution in [2.75, 3.05) is 6.61 Å². The fourth-order valence-corrected chi connectivity index (χ4v) is 4.34. The Morgan fingerprint density at radius 2 is 1.90 bits per heavy atom. The SMILES string of the molecule is [CH2]=[U]=[C](OC1(C)COC(O)(C(F)(F)F)C1(C)F)C(=C)C. The first kappa shape index (κ1) is 18.2. The standard InChI is InChI=1S/C11H14F4O3.CH2.U/c1-7(2)5-17-8(3)6-18-10(16,9(8,4)12)11(13,14)15;;/h16H,1,6H2,2-4H3;1H2;. The zero-order chi connectivity index (χ0) is 16.0. The molecule has 0 aromatic heterocycles. The van der Waals surface area contributed by atoms with Gasteiger partial charge in [0.2, 0.25) is 0 Å². The van der Waals surface area contributed by atoms with Crippen LogP contribution in [-0.4, -0.2) is 41.2 Å². The number of hydrogen-bond donors (Lipinski definition) is 1. The maximum atomic E-state index is 14.7. The Bertz CT molecular complexity index is 482. The van der Waals surface area contributed by atoms with Gasteiger partial charge in [0.1, 0.15) is 0 Å². The molecule has 0 aliphatic carbocycles. The predicted molar refractivity (Wildman–Crippen MR) is 62.9 cm³/mol. The van der Waals surface area contributed by atoms with E-state index < -0.39 is 56.6 Å². The fraction of sp³-hybridized carbons (Fsp3) is 0.667. The molecule has 1 fully saturated rings. The van der Waals surface area contributed by atoms with E-state index in [1.54, 1.807) is 6.92 Å². The molecule has 0 amide bonds. The Hall–Kier alpha value is 0.132. The predicted octanol–water partition coefficient (Wildman–Crippen LogP) is 1.99. The summed E-state index contributed by atoms with van der Waals surface area (Å²) in [6.45, 7) is 6.29. The van der Waals surface area contributed by atoms with Gasteiger partial charge in [-0.05, 0) is 0 Å². The number of ether oxygens (including phenoxy) is 2. The van der Waals surface area contributed by atoms with E-state index in [1.807, 2.05) is 0 Å². The summed E-state index contributed by atoms with van der Waals surface area (Å²) >= 11 is -1.78. The number of aliphatic hydroxyl groups is 1. The van der Waals surface area contributed by atoms with E-state index in [9.17, 15) is 22.7 Å². The van der Waals surface area contributed by atoms with Crippen molar-refractivity contribution in [2.45, 2.75) is 44.0 Å². The van der Waals surface area contributed by atoms with Crippen LogP contribution >= 0.6 is 0 Å². The molecule has 20 heavy (non-hydrogen) atoms. The fourth-order valence-electron chi connectivity index (χ4n) is 1.84. The molecular weight excluding hydrogens is 506 g/mol. The second-order valence-corrected chi connectivity index (χ2v) is 8.42. The summed E-state index contributed by atoms with van der Waals surface area (Å²) in [4.78, 5) is 0. The van der Waals surface area contributed by atoms with Crippen molar-refractivity contribution >= 4 is 6.24 Å². The second-order valence-electron chi connectivity index (χ2n) is 5.05. The summed E-state index contributed by atoms with van der Waals surface area (Å²) in [6.07, 6.45) is -5.27. The van der Waals surface area contributed by atoms with Gasteiger partial charge in [-0.25, -0.2) is 0 Å². The van der Waals surface area contributed by atoms with E-state index in [4.69, 9.17) is 4.74 Å². The first-order valence-corrected chi connectivity index (χ1v) is 10.7. The van der Waals surface area contributed by atoms with E-state index in [1.165, 1.54) is 0 Å². The van der Waals surface area contributed by atoms with Crippen LogP contribution in [0.25, 0.3) is 0 Å². The first-order valence-electron chi connectivity index (χ1n) is 5.69. The third kappa shape index (κ3) is 2.61. The Kier molecular flexibility index (Phi) is 4.91. The van der Waals surface area contributed by atoms with Crippen LogP contribution in [0, 0.1) is 26.7 Å². The molecule has 1 rings (SSSR count). The van der Waals surface area contributed by atoms with E-state index in [-0.39, 0.29) is 0 Å². The zero-order valence-corrected chi connectivity index (χ0v) is 15.6. The van der Waals surface area contributed by atoms with E-state index in [0.717, 1.165) is 6.92 Å². The van der Waals surface area contributed by atoms with Crippen molar-refractivity contribution in [1.29, 1.82) is 0 Å². The molecule has 1 aliphatic rings. The summed E-state index contributed by atoms with van der Waals surface area (Å²) < 4.78 is 67.2. The van der Waals surface area contributed by atoms with Gasteiger partial charge >= 0.3 is 128 Å². The molecular formula is C12H16F4O3U. The molecule has 114 valence electrons. The number of hydrogen-bond acceptors (Lipinski definition) is 3. The van der Waals surface area contributed by atoms with E-state index >= 15 is 0 Å². The van der Waals surface area contributed by atoms with Gasteiger partial charge in [0.05, 0.1) is 0 Å². The molecule has 0 saturated carbocycles. The molecule has 8 heteroatoms. The number of alkyl halides is 4. The monoisotopic (exact) mass is 522 g/mol. The first-order chi connectivity index (χ1) is 8.82. The van der Waals surface area contributed by atoms with Gasteiger partial charge in [0, 0.05) is 0 Å². The van der Waals surface area contributed by atoms with Crippen LogP contribution < -0.4 is 0 Å². The maximum absolute atomic E-state index is 14.7. The summed E-state index contributed by atoms with van der Waals surface area (Å²) in [6, 6.07) is 0. The average Bonchev–Trinajstić information content (AvgIpc) is 2.47. The molecule has 0 aromatic carbocycles. The molecule has 3 atom stereocenters. The van der Waals surface area contributed by atoms with E-state index in [0.29, 0.717) is 15.2 Å². The Balaban J connectivity index is 3.23. The van der Waals surface area contributed by atoms with Crippen LogP contribution in [0.2, 0.25) is 0 Å². The van der Waals surface area contributed by atoms with Crippen LogP contribution in [0.1, 0.15) is 20.8 Å². The van der Waals surface area contributed by atoms with Crippen molar-refractivity contribution in [3.63, 3.8) is 0 Å². The summed E-state index contributed by atoms with van der Waals surface area (Å²) in [5, 5.41) is 9.58. The molecule has 3 unspecified atom stereocenters. The van der Waals surface area contributed by atoms with Gasteiger partial charge in [-0.15, -0.1) is 0 Å². The van der Waals surface area contributed by atoms with Crippen LogP contribution in [0.3, 0.4) is 0 Å². The normalized spacial score (nSPS) is 37.6. The second kappa shape index (κ2) is 5.40. The molecule has 1 aliphatic heterocycles. The molecule has 0 radical (unpaired) electrons. The molecule has 0 spiro atoms. The Labute approximate surface area is 127 Å². The summed E-state index contributed by atoms with van der Waals surface area (Å²) in [7, 11) is 0. The molecule has 0 aromatic rings. The quantitative estimate of drug-likeness (QED) is 0.577. The van der Waals surface area contributed by atoms with Crippen LogP contribution in [-0.2, 0) is 9.47 Å². The summed E-state index contributed by atoms with van der Waals surface area (Å²) in [5.41, 5.74) is -4.62. The van der Waals surface area contributed by atoms with Crippen molar-refractivity contribution in [3.05, 3.63) is 12.2 Å². The molecule has 0 bridgehead atoms. The minimum absolute atomic E-state index is 0.368. The number of halogens is 4. The Morgan fingerprint density at radius 1 is 1.40 bits per heavy atom. The van der Waals surface area contributed by atoms with Gasteiger partial charge in [-0.3, -0.25) is 0 Å². The van der Waals surface area contributed by atoms with Crippen molar-refractivity contribution in [3.8, 4) is 0 Å². The summed E-state index contributed by atoms with van der Waals surface area (Å²) in [5.74, 6) is -3.90. The topological polar surface area (TPSA) is 38.7 Å². The van der Waals surface area contributed by atoms with Crippen molar-refractivity contribution < 1.29 is 58.9 Å². The average molecular weight is 522 g/mol. The molecule has 1 N–H and O–H groups in total. The molecule has 3 nitrogen and oxygen atoms in total. The van der Waals surface area contributed by atoms with Crippen molar-refractivity contribution in [1.82, 2.24) is 0 Å². The van der Waals surface area contributed by atoms with Crippen LogP contribution in [0.4, 0.5) is 17.6 Å². The third-order valence-electron chi connectivity index (χ3n) is 3.45. The van der Waals surface area contributed by atoms with Gasteiger partial charge in [0.15, 0.2) is 0 Å². The number of rotatable bonds is 3. The van der Waals surface area contributed by atoms with Gasteiger partial charge < -0.3 is 0 Å². The van der Waals surface area contributed by atoms with Crippen LogP contribution in [0.5, 0.6) is 0 Å². The molecule has 1 saturated heterocycles. The zero-order valence-electron chi connectivity index (χ0n) is 11.4. The van der Waals surface area contributed by atoms with Crippen molar-refractivity contribution in [2.24, 2.45) is 0 Å². The van der Waals surface area contributed by atoms with Gasteiger partial charge in [0.25, 0.3) is 0 Å². The Morgan fingerprint density at radius 3 is 2.20 bits per heavy atom. The minimum atomic E-state index is -5.27. The van der Waals surface area contributed by atoms with Crippen LogP contribution in [0.15, 0.2) is 12.2 Å². The van der Waals surface area contributed by atoms with Gasteiger partial charge in [-0.1, -0.05) is 0 Å². The third-order valence-corrected chi connectivity index (χ3v) is 6.98. The van der Waals surface area contributed by atoms with Gasteiger partial charge in [-0.2, -0.15) is 0 Å². The molecule has 1 heterocycles. The van der Waals surface area contributed by atoms with E-state index in [2.05, 4.69) is 14.8 Å².